The number of piperidine rings is 1. The first-order valence-electron chi connectivity index (χ1n) is 11.9. The number of methoxy groups -OCH3 is 1. The second-order valence-electron chi connectivity index (χ2n) is 8.76. The van der Waals surface area contributed by atoms with Crippen molar-refractivity contribution in [1.29, 1.82) is 0 Å². The minimum Gasteiger partial charge on any atom is -0.494 e. The number of benzene rings is 1. The Morgan fingerprint density at radius 3 is 2.64 bits per heavy atom. The van der Waals surface area contributed by atoms with Crippen LogP contribution in [0.5, 0.6) is 11.6 Å². The van der Waals surface area contributed by atoms with Crippen LogP contribution in [0, 0.1) is 0 Å². The predicted octanol–water partition coefficient (Wildman–Crippen LogP) is 3.47. The number of carbonyl (C=O) groups is 1. The van der Waals surface area contributed by atoms with Crippen molar-refractivity contribution >= 4 is 40.9 Å². The van der Waals surface area contributed by atoms with Gasteiger partial charge >= 0.3 is 0 Å². The summed E-state index contributed by atoms with van der Waals surface area (Å²) in [6.45, 7) is 7.17. The zero-order valence-corrected chi connectivity index (χ0v) is 22.6. The highest BCUT2D eigenvalue weighted by Crippen LogP contribution is 2.38. The van der Waals surface area contributed by atoms with Crippen molar-refractivity contribution in [3.05, 3.63) is 37.1 Å². The average molecular weight is 516 g/mol. The Labute approximate surface area is 218 Å². The van der Waals surface area contributed by atoms with E-state index in [1.807, 2.05) is 33.3 Å². The maximum absolute atomic E-state index is 12.2. The van der Waals surface area contributed by atoms with Gasteiger partial charge in [-0.05, 0) is 45.3 Å². The summed E-state index contributed by atoms with van der Waals surface area (Å²) >= 11 is 1.77. The molecule has 0 spiro atoms. The number of likely N-dealkylation sites (N-methyl/N-ethyl adjacent to an activating group) is 2. The Morgan fingerprint density at radius 1 is 1.25 bits per heavy atom. The molecule has 1 aromatic carbocycles. The zero-order chi connectivity index (χ0) is 26.1. The topological polar surface area (TPSA) is 95.1 Å². The highest BCUT2D eigenvalue weighted by molar-refractivity contribution is 7.96. The third-order valence-corrected chi connectivity index (χ3v) is 6.76. The third-order valence-electron chi connectivity index (χ3n) is 5.88. The molecule has 1 amide bonds. The van der Waals surface area contributed by atoms with Crippen LogP contribution in [-0.2, 0) is 4.79 Å². The van der Waals surface area contributed by atoms with E-state index in [9.17, 15) is 4.79 Å². The van der Waals surface area contributed by atoms with Crippen molar-refractivity contribution in [3.8, 4) is 11.6 Å². The summed E-state index contributed by atoms with van der Waals surface area (Å²) in [4.78, 5) is 25.2. The number of nitrogens with one attached hydrogen (secondary N) is 2. The molecule has 0 unspecified atom stereocenters. The number of hydrogen-bond donors (Lipinski definition) is 2. The fraction of sp³-hybridized carbons (Fsp3) is 0.480. The van der Waals surface area contributed by atoms with Crippen molar-refractivity contribution in [2.45, 2.75) is 18.9 Å². The molecular weight excluding hydrogens is 478 g/mol. The number of anilines is 4. The molecule has 0 atom stereocenters. The fourth-order valence-corrected chi connectivity index (χ4v) is 4.37. The van der Waals surface area contributed by atoms with Crippen molar-refractivity contribution in [2.24, 2.45) is 0 Å². The lowest BCUT2D eigenvalue weighted by Gasteiger charge is -2.30. The van der Waals surface area contributed by atoms with E-state index in [-0.39, 0.29) is 12.0 Å². The second kappa shape index (κ2) is 13.3. The van der Waals surface area contributed by atoms with Gasteiger partial charge in [0.1, 0.15) is 11.9 Å². The van der Waals surface area contributed by atoms with Gasteiger partial charge in [0.05, 0.1) is 24.2 Å². The van der Waals surface area contributed by atoms with Crippen LogP contribution in [0.25, 0.3) is 0 Å². The lowest BCUT2D eigenvalue weighted by molar-refractivity contribution is -0.111. The lowest BCUT2D eigenvalue weighted by Crippen LogP contribution is -2.34. The summed E-state index contributed by atoms with van der Waals surface area (Å²) in [5.41, 5.74) is 2.06. The van der Waals surface area contributed by atoms with E-state index in [4.69, 9.17) is 9.47 Å². The number of amides is 1. The maximum Gasteiger partial charge on any atom is 0.247 e. The van der Waals surface area contributed by atoms with Gasteiger partial charge < -0.3 is 29.9 Å². The number of hydrogen-bond acceptors (Lipinski definition) is 10. The smallest absolute Gasteiger partial charge is 0.247 e. The van der Waals surface area contributed by atoms with Crippen LogP contribution >= 0.6 is 11.9 Å². The van der Waals surface area contributed by atoms with Crippen LogP contribution in [0.4, 0.5) is 23.0 Å². The molecular formula is C25H37N7O3S. The highest BCUT2D eigenvalue weighted by atomic mass is 32.2. The largest absolute Gasteiger partial charge is 0.494 e. The van der Waals surface area contributed by atoms with Gasteiger partial charge in [0.15, 0.2) is 0 Å². The molecule has 0 saturated carbocycles. The maximum atomic E-state index is 12.2. The first-order chi connectivity index (χ1) is 17.3. The summed E-state index contributed by atoms with van der Waals surface area (Å²) in [5, 5.41) is 6.12. The van der Waals surface area contributed by atoms with Crippen molar-refractivity contribution in [1.82, 2.24) is 19.2 Å². The Kier molecular flexibility index (Phi) is 10.2. The third kappa shape index (κ3) is 7.74. The van der Waals surface area contributed by atoms with Crippen LogP contribution in [0.2, 0.25) is 0 Å². The molecule has 2 N–H and O–H groups in total. The van der Waals surface area contributed by atoms with E-state index in [1.54, 1.807) is 31.3 Å². The van der Waals surface area contributed by atoms with Gasteiger partial charge in [0.25, 0.3) is 0 Å². The molecule has 3 rings (SSSR count). The molecule has 1 aliphatic rings. The van der Waals surface area contributed by atoms with Crippen LogP contribution in [0.1, 0.15) is 12.8 Å². The number of nitrogens with zero attached hydrogens (tertiary/aromatic N) is 5. The normalized spacial score (nSPS) is 14.4. The predicted molar refractivity (Wildman–Crippen MR) is 148 cm³/mol. The summed E-state index contributed by atoms with van der Waals surface area (Å²) in [6.07, 6.45) is 7.04. The summed E-state index contributed by atoms with van der Waals surface area (Å²) in [5.74, 6) is 1.20. The molecule has 2 aromatic rings. The Balaban J connectivity index is 1.82. The molecule has 1 aliphatic heterocycles. The monoisotopic (exact) mass is 515 g/mol. The number of ether oxygens (including phenoxy) is 2. The van der Waals surface area contributed by atoms with Crippen molar-refractivity contribution in [3.63, 3.8) is 0 Å². The van der Waals surface area contributed by atoms with Gasteiger partial charge in [0.2, 0.25) is 17.7 Å². The molecule has 196 valence electrons. The van der Waals surface area contributed by atoms with Crippen LogP contribution in [0.15, 0.2) is 37.1 Å². The molecule has 11 heteroatoms. The van der Waals surface area contributed by atoms with Gasteiger partial charge in [-0.1, -0.05) is 18.5 Å². The fourth-order valence-electron chi connectivity index (χ4n) is 3.80. The number of aromatic nitrogens is 2. The van der Waals surface area contributed by atoms with Gasteiger partial charge in [0, 0.05) is 51.6 Å². The van der Waals surface area contributed by atoms with Crippen molar-refractivity contribution in [2.75, 3.05) is 76.2 Å². The van der Waals surface area contributed by atoms with Crippen LogP contribution < -0.4 is 25.0 Å². The van der Waals surface area contributed by atoms with E-state index in [0.29, 0.717) is 29.0 Å². The minimum atomic E-state index is -0.299. The highest BCUT2D eigenvalue weighted by Gasteiger charge is 2.21. The Morgan fingerprint density at radius 2 is 2.00 bits per heavy atom. The quantitative estimate of drug-likeness (QED) is 0.323. The standard InChI is InChI=1S/C25H37N7O3S/c1-7-23(33)27-19-16-20(22(34-5)17-21(19)31(4)15-14-30(2)3)28-25-26-11-8-24(29-25)35-18-9-12-32(36-6)13-10-18/h7-8,11,16-18H,1,9-10,12-15H2,2-6H3,(H,27,33)(H,26,28,29). The second-order valence-corrected chi connectivity index (χ2v) is 9.64. The molecule has 1 saturated heterocycles. The van der Waals surface area contributed by atoms with Crippen LogP contribution in [0.3, 0.4) is 0 Å². The summed E-state index contributed by atoms with van der Waals surface area (Å²) < 4.78 is 14.1. The molecule has 0 bridgehead atoms. The van der Waals surface area contributed by atoms with Crippen LogP contribution in [-0.4, -0.2) is 91.9 Å². The number of rotatable bonds is 12. The van der Waals surface area contributed by atoms with E-state index >= 15 is 0 Å². The average Bonchev–Trinajstić information content (AvgIpc) is 2.88. The van der Waals surface area contributed by atoms with Gasteiger partial charge in [-0.15, -0.1) is 0 Å². The summed E-state index contributed by atoms with van der Waals surface area (Å²) in [7, 11) is 7.62. The molecule has 2 heterocycles. The minimum absolute atomic E-state index is 0.128. The Bertz CT molecular complexity index is 1030. The number of carbonyl (C=O) groups excluding carboxylic acids is 1. The van der Waals surface area contributed by atoms with E-state index < -0.39 is 0 Å². The molecule has 1 fully saturated rings. The molecule has 10 nitrogen and oxygen atoms in total. The van der Waals surface area contributed by atoms with Crippen molar-refractivity contribution < 1.29 is 14.3 Å². The van der Waals surface area contributed by atoms with Gasteiger partial charge in [-0.2, -0.15) is 4.98 Å². The van der Waals surface area contributed by atoms with Gasteiger partial charge in [-0.3, -0.25) is 9.10 Å². The molecule has 36 heavy (non-hydrogen) atoms. The Hall–Kier alpha value is -3.02. The first-order valence-corrected chi connectivity index (χ1v) is 13.1. The molecule has 0 aliphatic carbocycles. The zero-order valence-electron chi connectivity index (χ0n) is 21.8. The SMILES string of the molecule is C=CC(=O)Nc1cc(Nc2nccc(OC3CCN(SC)CC3)n2)c(OC)cc1N(C)CCN(C)C. The first kappa shape index (κ1) is 27.6. The molecule has 1 aromatic heterocycles. The summed E-state index contributed by atoms with van der Waals surface area (Å²) in [6, 6.07) is 5.47. The van der Waals surface area contributed by atoms with E-state index in [2.05, 4.69) is 47.5 Å². The van der Waals surface area contributed by atoms with E-state index in [0.717, 1.165) is 44.7 Å². The lowest BCUT2D eigenvalue weighted by atomic mass is 10.1. The van der Waals surface area contributed by atoms with Gasteiger partial charge in [-0.25, -0.2) is 4.98 Å². The van der Waals surface area contributed by atoms with E-state index in [1.165, 1.54) is 6.08 Å². The molecule has 0 radical (unpaired) electrons.